The fraction of sp³-hybridized carbons (Fsp3) is 0.647. The minimum Gasteiger partial charge on any atom is -0.462 e. The smallest absolute Gasteiger partial charge is 0.333 e. The van der Waals surface area contributed by atoms with E-state index in [4.69, 9.17) is 19.3 Å². The highest BCUT2D eigenvalue weighted by atomic mass is 32.2. The van der Waals surface area contributed by atoms with Crippen LogP contribution in [0.2, 0.25) is 0 Å². The van der Waals surface area contributed by atoms with Gasteiger partial charge in [0.1, 0.15) is 13.2 Å². The van der Waals surface area contributed by atoms with Crippen molar-refractivity contribution in [1.82, 2.24) is 0 Å². The summed E-state index contributed by atoms with van der Waals surface area (Å²) >= 11 is 2.98. The van der Waals surface area contributed by atoms with Gasteiger partial charge in [-0.05, 0) is 6.92 Å². The Labute approximate surface area is 181 Å². The molecule has 0 spiro atoms. The summed E-state index contributed by atoms with van der Waals surface area (Å²) in [6.45, 7) is 11.6. The van der Waals surface area contributed by atoms with Crippen molar-refractivity contribution in [3.05, 3.63) is 24.8 Å². The fourth-order valence-electron chi connectivity index (χ4n) is 1.25. The number of hydrogen-bond acceptors (Lipinski definition) is 8. The Hall–Kier alpha value is -0.500. The first kappa shape index (κ1) is 30.7. The SMILES string of the molecule is C=C(C)C(=O)OCCSCCP(C)(=O)O.C=CC(=O)OCCSCCP(C)(=O)O. The van der Waals surface area contributed by atoms with Gasteiger partial charge in [0.15, 0.2) is 14.7 Å². The van der Waals surface area contributed by atoms with Gasteiger partial charge in [0.25, 0.3) is 0 Å². The number of esters is 2. The van der Waals surface area contributed by atoms with Crippen LogP contribution in [0.3, 0.4) is 0 Å². The predicted octanol–water partition coefficient (Wildman–Crippen LogP) is 3.09. The quantitative estimate of drug-likeness (QED) is 0.162. The van der Waals surface area contributed by atoms with Crippen molar-refractivity contribution in [3.63, 3.8) is 0 Å². The van der Waals surface area contributed by atoms with Crippen LogP contribution in [0.25, 0.3) is 0 Å². The van der Waals surface area contributed by atoms with E-state index in [0.29, 0.717) is 54.1 Å². The van der Waals surface area contributed by atoms with Gasteiger partial charge in [-0.2, -0.15) is 23.5 Å². The van der Waals surface area contributed by atoms with E-state index in [1.807, 2.05) is 0 Å². The van der Waals surface area contributed by atoms with Crippen molar-refractivity contribution in [2.24, 2.45) is 0 Å². The Morgan fingerprint density at radius 1 is 0.931 bits per heavy atom. The predicted molar refractivity (Wildman–Crippen MR) is 123 cm³/mol. The summed E-state index contributed by atoms with van der Waals surface area (Å²) in [7, 11) is -5.78. The standard InChI is InChI=1S/C9H17O4PS.C8H15O4PS/c1-8(2)9(10)13-4-6-15-7-5-14(3,11)12;1-3-8(9)12-4-6-14-7-5-13(2,10)11/h1,4-7H2,2-3H3,(H,11,12);3H,1,4-7H2,2H3,(H,10,11). The normalized spacial score (nSPS) is 14.4. The molecule has 0 aromatic heterocycles. The molecule has 0 aromatic rings. The summed E-state index contributed by atoms with van der Waals surface area (Å²) in [5, 5.41) is 0. The van der Waals surface area contributed by atoms with Crippen LogP contribution in [-0.4, -0.2) is 83.6 Å². The van der Waals surface area contributed by atoms with E-state index in [9.17, 15) is 18.7 Å². The van der Waals surface area contributed by atoms with Crippen LogP contribution < -0.4 is 0 Å². The van der Waals surface area contributed by atoms with Crippen molar-refractivity contribution in [1.29, 1.82) is 0 Å². The van der Waals surface area contributed by atoms with E-state index >= 15 is 0 Å². The molecule has 0 saturated heterocycles. The molecule has 0 bridgehead atoms. The Bertz CT molecular complexity index is 613. The zero-order chi connectivity index (χ0) is 22.9. The maximum atomic E-state index is 10.9. The molecule has 0 radical (unpaired) electrons. The first-order valence-electron chi connectivity index (χ1n) is 8.64. The van der Waals surface area contributed by atoms with Gasteiger partial charge in [0, 0.05) is 60.3 Å². The molecule has 2 unspecified atom stereocenters. The van der Waals surface area contributed by atoms with Crippen molar-refractivity contribution >= 4 is 50.2 Å². The molecular weight excluding hydrogens is 458 g/mol. The molecule has 0 aliphatic carbocycles. The lowest BCUT2D eigenvalue weighted by Crippen LogP contribution is -2.08. The monoisotopic (exact) mass is 490 g/mol. The van der Waals surface area contributed by atoms with Gasteiger partial charge in [-0.15, -0.1) is 0 Å². The number of carbonyl (C=O) groups is 2. The molecule has 2 atom stereocenters. The summed E-state index contributed by atoms with van der Waals surface area (Å²) in [4.78, 5) is 39.4. The summed E-state index contributed by atoms with van der Waals surface area (Å²) in [6, 6.07) is 0. The molecule has 0 fully saturated rings. The van der Waals surface area contributed by atoms with E-state index < -0.39 is 20.7 Å². The molecule has 0 amide bonds. The second-order valence-electron chi connectivity index (χ2n) is 6.06. The molecule has 0 saturated carbocycles. The molecule has 8 nitrogen and oxygen atoms in total. The van der Waals surface area contributed by atoms with Crippen molar-refractivity contribution in [2.75, 3.05) is 61.9 Å². The van der Waals surface area contributed by atoms with Crippen molar-refractivity contribution in [3.8, 4) is 0 Å². The van der Waals surface area contributed by atoms with Gasteiger partial charge in [-0.1, -0.05) is 13.2 Å². The Kier molecular flexibility index (Phi) is 18.2. The minimum absolute atomic E-state index is 0.298. The molecule has 0 heterocycles. The third-order valence-corrected chi connectivity index (χ3v) is 7.36. The molecule has 0 aliphatic rings. The Balaban J connectivity index is 0. The molecule has 0 aliphatic heterocycles. The van der Waals surface area contributed by atoms with Crippen molar-refractivity contribution < 1.29 is 38.0 Å². The van der Waals surface area contributed by atoms with Gasteiger partial charge < -0.3 is 19.3 Å². The zero-order valence-electron chi connectivity index (χ0n) is 17.2. The van der Waals surface area contributed by atoms with E-state index in [-0.39, 0.29) is 5.97 Å². The summed E-state index contributed by atoms with van der Waals surface area (Å²) in [5.74, 6) is 1.66. The largest absolute Gasteiger partial charge is 0.462 e. The van der Waals surface area contributed by atoms with Crippen LogP contribution in [0.1, 0.15) is 6.92 Å². The van der Waals surface area contributed by atoms with E-state index in [1.54, 1.807) is 6.92 Å². The van der Waals surface area contributed by atoms with Crippen LogP contribution in [0, 0.1) is 0 Å². The first-order valence-corrected chi connectivity index (χ1v) is 15.5. The number of rotatable bonds is 14. The Morgan fingerprint density at radius 2 is 1.34 bits per heavy atom. The second kappa shape index (κ2) is 17.2. The molecule has 170 valence electrons. The van der Waals surface area contributed by atoms with Crippen LogP contribution >= 0.6 is 38.3 Å². The lowest BCUT2D eigenvalue weighted by Gasteiger charge is -2.05. The lowest BCUT2D eigenvalue weighted by molar-refractivity contribution is -0.138. The number of ether oxygens (including phenoxy) is 2. The van der Waals surface area contributed by atoms with Gasteiger partial charge in [0.2, 0.25) is 0 Å². The minimum atomic E-state index is -2.89. The van der Waals surface area contributed by atoms with Crippen molar-refractivity contribution in [2.45, 2.75) is 6.92 Å². The topological polar surface area (TPSA) is 127 Å². The first-order chi connectivity index (χ1) is 13.3. The number of thioether (sulfide) groups is 2. The maximum Gasteiger partial charge on any atom is 0.333 e. The zero-order valence-corrected chi connectivity index (χ0v) is 20.6. The fourth-order valence-corrected chi connectivity index (χ4v) is 5.80. The molecule has 12 heteroatoms. The van der Waals surface area contributed by atoms with Crippen LogP contribution in [-0.2, 0) is 28.2 Å². The molecule has 2 N–H and O–H groups in total. The third-order valence-electron chi connectivity index (χ3n) is 2.75. The maximum absolute atomic E-state index is 10.9. The summed E-state index contributed by atoms with van der Waals surface area (Å²) in [5.41, 5.74) is 0.383. The van der Waals surface area contributed by atoms with Crippen LogP contribution in [0.5, 0.6) is 0 Å². The van der Waals surface area contributed by atoms with E-state index in [2.05, 4.69) is 13.2 Å². The highest BCUT2D eigenvalue weighted by Crippen LogP contribution is 2.35. The van der Waals surface area contributed by atoms with E-state index in [1.165, 1.54) is 36.9 Å². The van der Waals surface area contributed by atoms with E-state index in [0.717, 1.165) is 6.08 Å². The summed E-state index contributed by atoms with van der Waals surface area (Å²) < 4.78 is 31.3. The van der Waals surface area contributed by atoms with Crippen LogP contribution in [0.15, 0.2) is 24.8 Å². The third kappa shape index (κ3) is 27.5. The molecular formula is C17H32O8P2S2. The van der Waals surface area contributed by atoms with Gasteiger partial charge in [-0.3, -0.25) is 9.13 Å². The number of carbonyl (C=O) groups excluding carboxylic acids is 2. The van der Waals surface area contributed by atoms with Crippen LogP contribution in [0.4, 0.5) is 0 Å². The van der Waals surface area contributed by atoms with Gasteiger partial charge in [0.05, 0.1) is 0 Å². The second-order valence-corrected chi connectivity index (χ2v) is 13.6. The lowest BCUT2D eigenvalue weighted by atomic mass is 10.4. The highest BCUT2D eigenvalue weighted by molar-refractivity contribution is 7.99. The average molecular weight is 491 g/mol. The molecule has 29 heavy (non-hydrogen) atoms. The Morgan fingerprint density at radius 3 is 1.69 bits per heavy atom. The molecule has 0 rings (SSSR count). The average Bonchev–Trinajstić information content (AvgIpc) is 2.59. The van der Waals surface area contributed by atoms with Gasteiger partial charge >= 0.3 is 11.9 Å². The number of hydrogen-bond donors (Lipinski definition) is 2. The highest BCUT2D eigenvalue weighted by Gasteiger charge is 2.09. The van der Waals surface area contributed by atoms with Gasteiger partial charge in [-0.25, -0.2) is 9.59 Å². The molecule has 0 aromatic carbocycles. The summed E-state index contributed by atoms with van der Waals surface area (Å²) in [6.07, 6.45) is 1.71.